The lowest BCUT2D eigenvalue weighted by Crippen LogP contribution is -2.32. The van der Waals surface area contributed by atoms with Crippen LogP contribution >= 0.6 is 15.9 Å². The normalized spacial score (nSPS) is 9.89. The molecule has 1 aromatic rings. The number of halogens is 1. The average molecular weight is 313 g/mol. The molecule has 0 aliphatic rings. The molecular weight excluding hydrogens is 296 g/mol. The third-order valence-electron chi connectivity index (χ3n) is 2.31. The minimum Gasteiger partial charge on any atom is -0.347 e. The Kier molecular flexibility index (Phi) is 6.43. The molecule has 2 amide bonds. The molecular formula is C13H17BrN2O2. The first-order chi connectivity index (χ1) is 8.61. The highest BCUT2D eigenvalue weighted by molar-refractivity contribution is 9.10. The van der Waals surface area contributed by atoms with Crippen molar-refractivity contribution >= 4 is 33.4 Å². The third-order valence-corrected chi connectivity index (χ3v) is 2.81. The van der Waals surface area contributed by atoms with Crippen LogP contribution in [0.15, 0.2) is 28.7 Å². The zero-order valence-corrected chi connectivity index (χ0v) is 11.9. The first kappa shape index (κ1) is 14.7. The van der Waals surface area contributed by atoms with Gasteiger partial charge in [0, 0.05) is 16.6 Å². The fraction of sp³-hybridized carbons (Fsp3) is 0.385. The van der Waals surface area contributed by atoms with E-state index in [4.69, 9.17) is 0 Å². The summed E-state index contributed by atoms with van der Waals surface area (Å²) in [6.45, 7) is 2.03. The predicted molar refractivity (Wildman–Crippen MR) is 75.3 cm³/mol. The summed E-state index contributed by atoms with van der Waals surface area (Å²) in [6, 6.07) is 7.31. The number of benzene rings is 1. The van der Waals surface area contributed by atoms with Crippen LogP contribution in [0.2, 0.25) is 0 Å². The Balaban J connectivity index is 2.31. The van der Waals surface area contributed by atoms with Gasteiger partial charge in [0.1, 0.15) is 0 Å². The van der Waals surface area contributed by atoms with Gasteiger partial charge in [-0.2, -0.15) is 0 Å². The second kappa shape index (κ2) is 7.87. The molecule has 0 radical (unpaired) electrons. The van der Waals surface area contributed by atoms with E-state index in [9.17, 15) is 9.59 Å². The minimum absolute atomic E-state index is 0.00899. The quantitative estimate of drug-likeness (QED) is 0.848. The van der Waals surface area contributed by atoms with Crippen molar-refractivity contribution in [1.29, 1.82) is 0 Å². The molecule has 0 saturated carbocycles. The Morgan fingerprint density at radius 1 is 1.28 bits per heavy atom. The van der Waals surface area contributed by atoms with Crippen LogP contribution in [0.3, 0.4) is 0 Å². The zero-order valence-electron chi connectivity index (χ0n) is 10.3. The van der Waals surface area contributed by atoms with Crippen LogP contribution in [-0.2, 0) is 9.59 Å². The molecule has 0 unspecified atom stereocenters. The molecule has 1 rings (SSSR count). The summed E-state index contributed by atoms with van der Waals surface area (Å²) in [7, 11) is 0. The van der Waals surface area contributed by atoms with Gasteiger partial charge in [-0.3, -0.25) is 9.59 Å². The summed E-state index contributed by atoms with van der Waals surface area (Å²) < 4.78 is 0.896. The van der Waals surface area contributed by atoms with Crippen LogP contribution in [0.25, 0.3) is 0 Å². The lowest BCUT2D eigenvalue weighted by molar-refractivity contribution is -0.124. The van der Waals surface area contributed by atoms with Gasteiger partial charge in [0.25, 0.3) is 0 Å². The van der Waals surface area contributed by atoms with Crippen LogP contribution in [0.1, 0.15) is 26.2 Å². The van der Waals surface area contributed by atoms with Gasteiger partial charge in [0.05, 0.1) is 6.54 Å². The number of anilines is 1. The van der Waals surface area contributed by atoms with Crippen LogP contribution in [0.4, 0.5) is 5.69 Å². The molecule has 0 fully saturated rings. The van der Waals surface area contributed by atoms with Crippen molar-refractivity contribution in [3.63, 3.8) is 0 Å². The maximum absolute atomic E-state index is 11.6. The fourth-order valence-corrected chi connectivity index (χ4v) is 1.78. The lowest BCUT2D eigenvalue weighted by atomic mass is 10.2. The summed E-state index contributed by atoms with van der Waals surface area (Å²) >= 11 is 3.32. The van der Waals surface area contributed by atoms with Crippen molar-refractivity contribution < 1.29 is 9.59 Å². The number of carbonyl (C=O) groups excluding carboxylic acids is 2. The molecule has 0 aliphatic heterocycles. The van der Waals surface area contributed by atoms with E-state index in [1.54, 1.807) is 12.1 Å². The van der Waals surface area contributed by atoms with Gasteiger partial charge in [-0.15, -0.1) is 0 Å². The number of carbonyl (C=O) groups is 2. The van der Waals surface area contributed by atoms with E-state index in [0.29, 0.717) is 12.1 Å². The molecule has 0 spiro atoms. The smallest absolute Gasteiger partial charge is 0.243 e. The topological polar surface area (TPSA) is 58.2 Å². The molecule has 98 valence electrons. The van der Waals surface area contributed by atoms with Crippen molar-refractivity contribution in [2.24, 2.45) is 0 Å². The largest absolute Gasteiger partial charge is 0.347 e. The second-order valence-electron chi connectivity index (χ2n) is 3.94. The molecule has 4 nitrogen and oxygen atoms in total. The fourth-order valence-electron chi connectivity index (χ4n) is 1.38. The maximum atomic E-state index is 11.6. The maximum Gasteiger partial charge on any atom is 0.243 e. The molecule has 5 heteroatoms. The number of rotatable bonds is 6. The van der Waals surface area contributed by atoms with E-state index in [-0.39, 0.29) is 18.4 Å². The molecule has 0 atom stereocenters. The third kappa shape index (κ3) is 5.82. The Labute approximate surface area is 115 Å². The summed E-state index contributed by atoms with van der Waals surface area (Å²) in [5, 5.41) is 5.30. The SMILES string of the molecule is CCCCC(=O)NCC(=O)Nc1cccc(Br)c1. The number of amides is 2. The van der Waals surface area contributed by atoms with Gasteiger partial charge in [-0.05, 0) is 24.6 Å². The first-order valence-electron chi connectivity index (χ1n) is 5.94. The van der Waals surface area contributed by atoms with Gasteiger partial charge >= 0.3 is 0 Å². The summed E-state index contributed by atoms with van der Waals surface area (Å²) in [6.07, 6.45) is 2.29. The highest BCUT2D eigenvalue weighted by Crippen LogP contribution is 2.15. The van der Waals surface area contributed by atoms with E-state index >= 15 is 0 Å². The second-order valence-corrected chi connectivity index (χ2v) is 4.85. The van der Waals surface area contributed by atoms with E-state index in [0.717, 1.165) is 17.3 Å². The number of unbranched alkanes of at least 4 members (excludes halogenated alkanes) is 1. The molecule has 0 bridgehead atoms. The Morgan fingerprint density at radius 2 is 2.06 bits per heavy atom. The van der Waals surface area contributed by atoms with Crippen molar-refractivity contribution in [3.8, 4) is 0 Å². The summed E-state index contributed by atoms with van der Waals surface area (Å²) in [4.78, 5) is 22.9. The van der Waals surface area contributed by atoms with Crippen LogP contribution in [-0.4, -0.2) is 18.4 Å². The van der Waals surface area contributed by atoms with Crippen LogP contribution < -0.4 is 10.6 Å². The van der Waals surface area contributed by atoms with Gasteiger partial charge in [0.2, 0.25) is 11.8 Å². The van der Waals surface area contributed by atoms with Gasteiger partial charge in [-0.25, -0.2) is 0 Å². The molecule has 0 aliphatic carbocycles. The molecule has 18 heavy (non-hydrogen) atoms. The van der Waals surface area contributed by atoms with Crippen LogP contribution in [0.5, 0.6) is 0 Å². The minimum atomic E-state index is -0.224. The van der Waals surface area contributed by atoms with E-state index in [1.165, 1.54) is 0 Å². The highest BCUT2D eigenvalue weighted by atomic mass is 79.9. The Bertz CT molecular complexity index is 421. The highest BCUT2D eigenvalue weighted by Gasteiger charge is 2.05. The molecule has 1 aromatic carbocycles. The summed E-state index contributed by atoms with van der Waals surface area (Å²) in [5.41, 5.74) is 0.706. The standard InChI is InChI=1S/C13H17BrN2O2/c1-2-3-7-12(17)15-9-13(18)16-11-6-4-5-10(14)8-11/h4-6,8H,2-3,7,9H2,1H3,(H,15,17)(H,16,18). The monoisotopic (exact) mass is 312 g/mol. The summed E-state index contributed by atoms with van der Waals surface area (Å²) in [5.74, 6) is -0.306. The van der Waals surface area contributed by atoms with Crippen molar-refractivity contribution in [3.05, 3.63) is 28.7 Å². The van der Waals surface area contributed by atoms with Gasteiger partial charge in [-0.1, -0.05) is 35.3 Å². The number of hydrogen-bond acceptors (Lipinski definition) is 2. The average Bonchev–Trinajstić information content (AvgIpc) is 2.34. The van der Waals surface area contributed by atoms with E-state index in [1.807, 2.05) is 19.1 Å². The van der Waals surface area contributed by atoms with Crippen molar-refractivity contribution in [2.75, 3.05) is 11.9 Å². The molecule has 0 aromatic heterocycles. The first-order valence-corrected chi connectivity index (χ1v) is 6.73. The van der Waals surface area contributed by atoms with Gasteiger partial charge in [0.15, 0.2) is 0 Å². The zero-order chi connectivity index (χ0) is 13.4. The van der Waals surface area contributed by atoms with E-state index in [2.05, 4.69) is 26.6 Å². The van der Waals surface area contributed by atoms with E-state index < -0.39 is 0 Å². The van der Waals surface area contributed by atoms with Gasteiger partial charge < -0.3 is 10.6 Å². The number of hydrogen-bond donors (Lipinski definition) is 2. The molecule has 0 saturated heterocycles. The predicted octanol–water partition coefficient (Wildman–Crippen LogP) is 2.69. The lowest BCUT2D eigenvalue weighted by Gasteiger charge is -2.07. The Morgan fingerprint density at radius 3 is 2.72 bits per heavy atom. The Hall–Kier alpha value is -1.36. The molecule has 0 heterocycles. The van der Waals surface area contributed by atoms with Crippen LogP contribution in [0, 0.1) is 0 Å². The van der Waals surface area contributed by atoms with Crippen molar-refractivity contribution in [1.82, 2.24) is 5.32 Å². The molecule has 2 N–H and O–H groups in total. The van der Waals surface area contributed by atoms with Crippen molar-refractivity contribution in [2.45, 2.75) is 26.2 Å². The number of nitrogens with one attached hydrogen (secondary N) is 2.